The summed E-state index contributed by atoms with van der Waals surface area (Å²) in [5.74, 6) is 1.03. The molecule has 2 aromatic rings. The van der Waals surface area contributed by atoms with Crippen LogP contribution in [0.1, 0.15) is 48.0 Å². The van der Waals surface area contributed by atoms with E-state index in [1.165, 1.54) is 27.5 Å². The van der Waals surface area contributed by atoms with E-state index in [1.807, 2.05) is 0 Å². The highest BCUT2D eigenvalue weighted by Gasteiger charge is 2.22. The molecule has 0 spiro atoms. The van der Waals surface area contributed by atoms with Crippen molar-refractivity contribution in [3.63, 3.8) is 0 Å². The highest BCUT2D eigenvalue weighted by molar-refractivity contribution is 7.05. The molecule has 112 valence electrons. The lowest BCUT2D eigenvalue weighted by atomic mass is 10.00. The summed E-state index contributed by atoms with van der Waals surface area (Å²) in [5, 5.41) is 7.91. The van der Waals surface area contributed by atoms with E-state index in [9.17, 15) is 0 Å². The van der Waals surface area contributed by atoms with Crippen LogP contribution in [0.4, 0.5) is 0 Å². The topological polar surface area (TPSA) is 47.0 Å². The van der Waals surface area contributed by atoms with Gasteiger partial charge in [-0.3, -0.25) is 0 Å². The molecule has 5 heteroatoms. The van der Waals surface area contributed by atoms with Crippen LogP contribution in [0.15, 0.2) is 18.2 Å². The monoisotopic (exact) mass is 303 g/mol. The zero-order valence-electron chi connectivity index (χ0n) is 12.6. The van der Waals surface area contributed by atoms with Crippen molar-refractivity contribution in [1.82, 2.24) is 14.9 Å². The SMILES string of the molecule is CCCNC(c1ccc2c(c1)CCO2)c1snnc1CC. The van der Waals surface area contributed by atoms with Gasteiger partial charge in [0, 0.05) is 6.42 Å². The van der Waals surface area contributed by atoms with Gasteiger partial charge in [-0.1, -0.05) is 30.5 Å². The van der Waals surface area contributed by atoms with Crippen LogP contribution < -0.4 is 10.1 Å². The first kappa shape index (κ1) is 14.5. The maximum Gasteiger partial charge on any atom is 0.122 e. The Hall–Kier alpha value is -1.46. The summed E-state index contributed by atoms with van der Waals surface area (Å²) in [6.45, 7) is 6.10. The second kappa shape index (κ2) is 6.54. The number of fused-ring (bicyclic) bond motifs is 1. The molecular formula is C16H21N3OS. The molecule has 4 nitrogen and oxygen atoms in total. The summed E-state index contributed by atoms with van der Waals surface area (Å²) in [5.41, 5.74) is 3.70. The van der Waals surface area contributed by atoms with Gasteiger partial charge in [0.15, 0.2) is 0 Å². The van der Waals surface area contributed by atoms with Gasteiger partial charge >= 0.3 is 0 Å². The molecule has 1 aliphatic heterocycles. The third kappa shape index (κ3) is 2.94. The maximum absolute atomic E-state index is 5.61. The Bertz CT molecular complexity index is 611. The fourth-order valence-corrected chi connectivity index (χ4v) is 3.56. The van der Waals surface area contributed by atoms with Crippen LogP contribution in [0.25, 0.3) is 0 Å². The first-order valence-electron chi connectivity index (χ1n) is 7.63. The molecule has 0 aliphatic carbocycles. The first-order chi connectivity index (χ1) is 10.3. The van der Waals surface area contributed by atoms with Crippen molar-refractivity contribution in [2.24, 2.45) is 0 Å². The van der Waals surface area contributed by atoms with Gasteiger partial charge < -0.3 is 10.1 Å². The van der Waals surface area contributed by atoms with Crippen LogP contribution in [0.2, 0.25) is 0 Å². The Morgan fingerprint density at radius 3 is 3.10 bits per heavy atom. The van der Waals surface area contributed by atoms with Crippen LogP contribution in [-0.2, 0) is 12.8 Å². The van der Waals surface area contributed by atoms with Gasteiger partial charge in [-0.2, -0.15) is 0 Å². The molecule has 3 rings (SSSR count). The third-order valence-corrected chi connectivity index (χ3v) is 4.66. The summed E-state index contributed by atoms with van der Waals surface area (Å²) in [6, 6.07) is 6.72. The fraction of sp³-hybridized carbons (Fsp3) is 0.500. The van der Waals surface area contributed by atoms with Gasteiger partial charge in [0.1, 0.15) is 5.75 Å². The van der Waals surface area contributed by atoms with Gasteiger partial charge in [-0.05, 0) is 48.1 Å². The molecule has 0 radical (unpaired) electrons. The van der Waals surface area contributed by atoms with Gasteiger partial charge in [0.2, 0.25) is 0 Å². The average Bonchev–Trinajstić information content (AvgIpc) is 3.15. The lowest BCUT2D eigenvalue weighted by Crippen LogP contribution is -2.23. The number of nitrogens with zero attached hydrogens (tertiary/aromatic N) is 2. The largest absolute Gasteiger partial charge is 0.493 e. The third-order valence-electron chi connectivity index (χ3n) is 3.83. The summed E-state index contributed by atoms with van der Waals surface area (Å²) >= 11 is 1.51. The Morgan fingerprint density at radius 2 is 2.29 bits per heavy atom. The first-order valence-corrected chi connectivity index (χ1v) is 8.41. The normalized spacial score (nSPS) is 14.8. The van der Waals surface area contributed by atoms with Crippen molar-refractivity contribution >= 4 is 11.5 Å². The summed E-state index contributed by atoms with van der Waals surface area (Å²) in [4.78, 5) is 1.24. The zero-order valence-corrected chi connectivity index (χ0v) is 13.4. The molecule has 1 atom stereocenters. The summed E-state index contributed by atoms with van der Waals surface area (Å²) < 4.78 is 9.75. The quantitative estimate of drug-likeness (QED) is 0.890. The molecule has 1 unspecified atom stereocenters. The van der Waals surface area contributed by atoms with Crippen LogP contribution in [0, 0.1) is 0 Å². The predicted octanol–water partition coefficient (Wildman–Crippen LogP) is 3.12. The van der Waals surface area contributed by atoms with Gasteiger partial charge in [-0.15, -0.1) is 5.10 Å². The minimum atomic E-state index is 0.186. The number of aryl methyl sites for hydroxylation is 1. The molecule has 0 amide bonds. The van der Waals surface area contributed by atoms with E-state index >= 15 is 0 Å². The van der Waals surface area contributed by atoms with Crippen LogP contribution in [0.3, 0.4) is 0 Å². The standard InChI is InChI=1S/C16H21N3OS/c1-3-8-17-15(16-13(4-2)18-19-21-16)12-5-6-14-11(10-12)7-9-20-14/h5-6,10,15,17H,3-4,7-9H2,1-2H3. The Balaban J connectivity index is 1.95. The van der Waals surface area contributed by atoms with E-state index in [0.717, 1.165) is 43.9 Å². The van der Waals surface area contributed by atoms with Crippen molar-refractivity contribution in [2.75, 3.05) is 13.2 Å². The number of rotatable bonds is 6. The highest BCUT2D eigenvalue weighted by atomic mass is 32.1. The number of benzene rings is 1. The van der Waals surface area contributed by atoms with Crippen molar-refractivity contribution in [3.8, 4) is 5.75 Å². The minimum absolute atomic E-state index is 0.186. The summed E-state index contributed by atoms with van der Waals surface area (Å²) in [6.07, 6.45) is 3.04. The highest BCUT2D eigenvalue weighted by Crippen LogP contribution is 2.32. The molecule has 0 saturated heterocycles. The van der Waals surface area contributed by atoms with E-state index in [-0.39, 0.29) is 6.04 Å². The minimum Gasteiger partial charge on any atom is -0.493 e. The average molecular weight is 303 g/mol. The van der Waals surface area contributed by atoms with E-state index in [4.69, 9.17) is 4.74 Å². The molecule has 1 aliphatic rings. The second-order valence-electron chi connectivity index (χ2n) is 5.29. The van der Waals surface area contributed by atoms with Crippen molar-refractivity contribution in [1.29, 1.82) is 0 Å². The number of hydrogen-bond donors (Lipinski definition) is 1. The second-order valence-corrected chi connectivity index (χ2v) is 6.08. The van der Waals surface area contributed by atoms with E-state index in [1.54, 1.807) is 0 Å². The predicted molar refractivity (Wildman–Crippen MR) is 85.1 cm³/mol. The lowest BCUT2D eigenvalue weighted by Gasteiger charge is -2.19. The number of aromatic nitrogens is 2. The maximum atomic E-state index is 5.61. The Kier molecular flexibility index (Phi) is 4.51. The van der Waals surface area contributed by atoms with Crippen LogP contribution in [-0.4, -0.2) is 22.7 Å². The fourth-order valence-electron chi connectivity index (χ4n) is 2.72. The van der Waals surface area contributed by atoms with E-state index in [0.29, 0.717) is 0 Å². The number of nitrogens with one attached hydrogen (secondary N) is 1. The number of hydrogen-bond acceptors (Lipinski definition) is 5. The van der Waals surface area contributed by atoms with Crippen LogP contribution in [0.5, 0.6) is 5.75 Å². The molecule has 1 aromatic carbocycles. The molecular weight excluding hydrogens is 282 g/mol. The lowest BCUT2D eigenvalue weighted by molar-refractivity contribution is 0.357. The van der Waals surface area contributed by atoms with E-state index < -0.39 is 0 Å². The Morgan fingerprint density at radius 1 is 1.38 bits per heavy atom. The molecule has 1 aromatic heterocycles. The molecule has 1 N–H and O–H groups in total. The van der Waals surface area contributed by atoms with E-state index in [2.05, 4.69) is 47.0 Å². The zero-order chi connectivity index (χ0) is 14.7. The number of ether oxygens (including phenoxy) is 1. The van der Waals surface area contributed by atoms with Gasteiger partial charge in [-0.25, -0.2) is 0 Å². The van der Waals surface area contributed by atoms with Crippen molar-refractivity contribution < 1.29 is 4.74 Å². The molecule has 0 bridgehead atoms. The Labute approximate surface area is 129 Å². The molecule has 2 heterocycles. The van der Waals surface area contributed by atoms with Gasteiger partial charge in [0.05, 0.1) is 23.2 Å². The van der Waals surface area contributed by atoms with Crippen molar-refractivity contribution in [3.05, 3.63) is 39.9 Å². The van der Waals surface area contributed by atoms with Gasteiger partial charge in [0.25, 0.3) is 0 Å². The smallest absolute Gasteiger partial charge is 0.122 e. The molecule has 21 heavy (non-hydrogen) atoms. The van der Waals surface area contributed by atoms with Crippen LogP contribution >= 0.6 is 11.5 Å². The molecule has 0 fully saturated rings. The summed E-state index contributed by atoms with van der Waals surface area (Å²) in [7, 11) is 0. The van der Waals surface area contributed by atoms with Crippen molar-refractivity contribution in [2.45, 2.75) is 39.2 Å². The molecule has 0 saturated carbocycles.